The van der Waals surface area contributed by atoms with Crippen LogP contribution in [-0.4, -0.2) is 28.9 Å². The van der Waals surface area contributed by atoms with Crippen LogP contribution in [0, 0.1) is 11.6 Å². The first-order valence-corrected chi connectivity index (χ1v) is 5.92. The molecule has 0 saturated heterocycles. The zero-order valence-corrected chi connectivity index (χ0v) is 10.6. The summed E-state index contributed by atoms with van der Waals surface area (Å²) in [7, 11) is 0. The lowest BCUT2D eigenvalue weighted by Gasteiger charge is -2.22. The van der Waals surface area contributed by atoms with E-state index < -0.39 is 23.3 Å². The van der Waals surface area contributed by atoms with Crippen LogP contribution in [0.5, 0.6) is 0 Å². The summed E-state index contributed by atoms with van der Waals surface area (Å²) >= 11 is 0. The monoisotopic (exact) mass is 259 g/mol. The lowest BCUT2D eigenvalue weighted by atomic mass is 10.0. The molecule has 0 bridgehead atoms. The van der Waals surface area contributed by atoms with Crippen molar-refractivity contribution >= 4 is 0 Å². The standard InChI is InChI=1S/C13H19F2NO2/c1-3-13(2,18)8-16-7-12(17)10-6-9(14)4-5-11(10)15/h4-6,12,16-18H,3,7-8H2,1-2H3. The Bertz CT molecular complexity index is 397. The van der Waals surface area contributed by atoms with Crippen LogP contribution >= 0.6 is 0 Å². The average molecular weight is 259 g/mol. The second-order valence-corrected chi connectivity index (χ2v) is 4.66. The van der Waals surface area contributed by atoms with Gasteiger partial charge in [0, 0.05) is 18.7 Å². The van der Waals surface area contributed by atoms with E-state index in [9.17, 15) is 19.0 Å². The summed E-state index contributed by atoms with van der Waals surface area (Å²) in [5.41, 5.74) is -0.959. The maximum absolute atomic E-state index is 13.3. The predicted octanol–water partition coefficient (Wildman–Crippen LogP) is 1.75. The Labute approximate surface area is 105 Å². The van der Waals surface area contributed by atoms with Gasteiger partial charge in [-0.05, 0) is 31.5 Å². The summed E-state index contributed by atoms with van der Waals surface area (Å²) in [6.45, 7) is 3.83. The highest BCUT2D eigenvalue weighted by Gasteiger charge is 2.19. The fourth-order valence-electron chi connectivity index (χ4n) is 1.48. The summed E-state index contributed by atoms with van der Waals surface area (Å²) < 4.78 is 26.3. The number of hydrogen-bond acceptors (Lipinski definition) is 3. The van der Waals surface area contributed by atoms with Gasteiger partial charge in [0.05, 0.1) is 11.7 Å². The molecule has 2 unspecified atom stereocenters. The van der Waals surface area contributed by atoms with Crippen molar-refractivity contribution in [2.75, 3.05) is 13.1 Å². The number of halogens is 2. The van der Waals surface area contributed by atoms with Crippen molar-refractivity contribution in [1.29, 1.82) is 0 Å². The first-order chi connectivity index (χ1) is 8.35. The first kappa shape index (κ1) is 15.0. The minimum Gasteiger partial charge on any atom is -0.389 e. The number of benzene rings is 1. The van der Waals surface area contributed by atoms with Gasteiger partial charge in [-0.3, -0.25) is 0 Å². The SMILES string of the molecule is CCC(C)(O)CNCC(O)c1cc(F)ccc1F. The molecule has 0 aliphatic rings. The van der Waals surface area contributed by atoms with Crippen molar-refractivity contribution < 1.29 is 19.0 Å². The van der Waals surface area contributed by atoms with Gasteiger partial charge in [-0.2, -0.15) is 0 Å². The molecule has 0 saturated carbocycles. The normalized spacial score (nSPS) is 16.3. The van der Waals surface area contributed by atoms with Gasteiger partial charge in [-0.15, -0.1) is 0 Å². The second kappa shape index (κ2) is 6.22. The Morgan fingerprint density at radius 2 is 2.06 bits per heavy atom. The number of hydrogen-bond donors (Lipinski definition) is 3. The predicted molar refractivity (Wildman–Crippen MR) is 65.1 cm³/mol. The molecular weight excluding hydrogens is 240 g/mol. The van der Waals surface area contributed by atoms with Crippen LogP contribution in [0.15, 0.2) is 18.2 Å². The van der Waals surface area contributed by atoms with Crippen LogP contribution in [-0.2, 0) is 0 Å². The highest BCUT2D eigenvalue weighted by atomic mass is 19.1. The van der Waals surface area contributed by atoms with Crippen molar-refractivity contribution in [3.63, 3.8) is 0 Å². The molecule has 0 aromatic heterocycles. The average Bonchev–Trinajstić information content (AvgIpc) is 2.32. The zero-order valence-electron chi connectivity index (χ0n) is 10.6. The number of aliphatic hydroxyl groups is 2. The molecule has 0 amide bonds. The van der Waals surface area contributed by atoms with Gasteiger partial charge in [-0.1, -0.05) is 6.92 Å². The van der Waals surface area contributed by atoms with Gasteiger partial charge in [0.25, 0.3) is 0 Å². The van der Waals surface area contributed by atoms with Gasteiger partial charge in [0.2, 0.25) is 0 Å². The third-order valence-corrected chi connectivity index (χ3v) is 2.92. The van der Waals surface area contributed by atoms with E-state index in [0.717, 1.165) is 18.2 Å². The molecule has 0 heterocycles. The minimum absolute atomic E-state index is 0.0521. The molecule has 18 heavy (non-hydrogen) atoms. The van der Waals surface area contributed by atoms with Crippen molar-refractivity contribution in [3.8, 4) is 0 Å². The van der Waals surface area contributed by atoms with E-state index >= 15 is 0 Å². The molecule has 102 valence electrons. The molecule has 1 aromatic rings. The third-order valence-electron chi connectivity index (χ3n) is 2.92. The van der Waals surface area contributed by atoms with Gasteiger partial charge < -0.3 is 15.5 Å². The Morgan fingerprint density at radius 3 is 2.67 bits per heavy atom. The van der Waals surface area contributed by atoms with E-state index in [0.29, 0.717) is 6.42 Å². The van der Waals surface area contributed by atoms with Crippen LogP contribution in [0.25, 0.3) is 0 Å². The zero-order chi connectivity index (χ0) is 13.8. The van der Waals surface area contributed by atoms with Crippen molar-refractivity contribution in [2.45, 2.75) is 32.0 Å². The molecule has 0 radical (unpaired) electrons. The Morgan fingerprint density at radius 1 is 1.39 bits per heavy atom. The maximum Gasteiger partial charge on any atom is 0.129 e. The molecule has 1 aromatic carbocycles. The topological polar surface area (TPSA) is 52.5 Å². The quantitative estimate of drug-likeness (QED) is 0.729. The highest BCUT2D eigenvalue weighted by molar-refractivity contribution is 5.21. The largest absolute Gasteiger partial charge is 0.389 e. The van der Waals surface area contributed by atoms with Crippen LogP contribution in [0.1, 0.15) is 31.9 Å². The van der Waals surface area contributed by atoms with Crippen molar-refractivity contribution in [1.82, 2.24) is 5.32 Å². The molecule has 5 heteroatoms. The Hall–Kier alpha value is -1.04. The van der Waals surface area contributed by atoms with Crippen LogP contribution in [0.4, 0.5) is 8.78 Å². The van der Waals surface area contributed by atoms with Crippen molar-refractivity contribution in [2.24, 2.45) is 0 Å². The van der Waals surface area contributed by atoms with E-state index in [4.69, 9.17) is 0 Å². The lowest BCUT2D eigenvalue weighted by Crippen LogP contribution is -2.38. The van der Waals surface area contributed by atoms with Gasteiger partial charge in [0.1, 0.15) is 11.6 Å². The maximum atomic E-state index is 13.3. The molecule has 3 nitrogen and oxygen atoms in total. The first-order valence-electron chi connectivity index (χ1n) is 5.92. The third kappa shape index (κ3) is 4.33. The lowest BCUT2D eigenvalue weighted by molar-refractivity contribution is 0.0514. The van der Waals surface area contributed by atoms with Crippen LogP contribution < -0.4 is 5.32 Å². The summed E-state index contributed by atoms with van der Waals surface area (Å²) in [6.07, 6.45) is -0.585. The molecule has 0 aliphatic heterocycles. The molecule has 3 N–H and O–H groups in total. The van der Waals surface area contributed by atoms with Gasteiger partial charge >= 0.3 is 0 Å². The van der Waals surface area contributed by atoms with E-state index in [1.54, 1.807) is 6.92 Å². The van der Waals surface area contributed by atoms with Crippen LogP contribution in [0.3, 0.4) is 0 Å². The van der Waals surface area contributed by atoms with E-state index in [1.807, 2.05) is 6.92 Å². The second-order valence-electron chi connectivity index (χ2n) is 4.66. The van der Waals surface area contributed by atoms with E-state index in [-0.39, 0.29) is 18.7 Å². The number of aliphatic hydroxyl groups excluding tert-OH is 1. The summed E-state index contributed by atoms with van der Waals surface area (Å²) in [6, 6.07) is 2.95. The van der Waals surface area contributed by atoms with E-state index in [1.165, 1.54) is 0 Å². The Balaban J connectivity index is 2.55. The number of nitrogens with one attached hydrogen (secondary N) is 1. The van der Waals surface area contributed by atoms with E-state index in [2.05, 4.69) is 5.32 Å². The smallest absolute Gasteiger partial charge is 0.129 e. The Kier molecular flexibility index (Phi) is 5.19. The molecule has 0 aliphatic carbocycles. The summed E-state index contributed by atoms with van der Waals surface area (Å²) in [5, 5.41) is 22.3. The molecule has 1 rings (SSSR count). The van der Waals surface area contributed by atoms with Crippen molar-refractivity contribution in [3.05, 3.63) is 35.4 Å². The fraction of sp³-hybridized carbons (Fsp3) is 0.538. The fourth-order valence-corrected chi connectivity index (χ4v) is 1.48. The summed E-state index contributed by atoms with van der Waals surface area (Å²) in [5.74, 6) is -1.24. The highest BCUT2D eigenvalue weighted by Crippen LogP contribution is 2.18. The van der Waals surface area contributed by atoms with Gasteiger partial charge in [0.15, 0.2) is 0 Å². The molecule has 0 spiro atoms. The minimum atomic E-state index is -1.15. The number of rotatable bonds is 6. The van der Waals surface area contributed by atoms with Gasteiger partial charge in [-0.25, -0.2) is 8.78 Å². The summed E-state index contributed by atoms with van der Waals surface area (Å²) in [4.78, 5) is 0. The molecule has 2 atom stereocenters. The molecular formula is C13H19F2NO2. The van der Waals surface area contributed by atoms with Crippen LogP contribution in [0.2, 0.25) is 0 Å². The molecule has 0 fully saturated rings.